The molecule has 1 aliphatic heterocycles. The van der Waals surface area contributed by atoms with Crippen LogP contribution >= 0.6 is 0 Å². The third-order valence-electron chi connectivity index (χ3n) is 9.98. The summed E-state index contributed by atoms with van der Waals surface area (Å²) in [5.41, 5.74) is 5.48. The average molecular weight is 550 g/mol. The van der Waals surface area contributed by atoms with E-state index in [4.69, 9.17) is 4.74 Å². The molecule has 2 heterocycles. The van der Waals surface area contributed by atoms with Gasteiger partial charge in [-0.25, -0.2) is 9.69 Å². The SMILES string of the molecule is COc1ccc(-n2c(C)cc(/C=C3\C(=O)NC(=O)N(c4ccc(C56CC7CC(CC(C7)C5)C6)cc4)C3=O)c2C)cc1. The minimum Gasteiger partial charge on any atom is -0.497 e. The van der Waals surface area contributed by atoms with E-state index in [0.717, 1.165) is 51.0 Å². The molecule has 4 aliphatic carbocycles. The van der Waals surface area contributed by atoms with Crippen molar-refractivity contribution in [2.75, 3.05) is 12.0 Å². The number of aryl methyl sites for hydroxylation is 1. The Morgan fingerprint density at radius 2 is 1.44 bits per heavy atom. The fourth-order valence-electron chi connectivity index (χ4n) is 8.54. The first kappa shape index (κ1) is 25.8. The lowest BCUT2D eigenvalue weighted by molar-refractivity contribution is -0.122. The van der Waals surface area contributed by atoms with Crippen LogP contribution in [0.25, 0.3) is 11.8 Å². The number of urea groups is 1. The molecule has 0 atom stereocenters. The van der Waals surface area contributed by atoms with Crippen LogP contribution in [0.2, 0.25) is 0 Å². The lowest BCUT2D eigenvalue weighted by Crippen LogP contribution is -2.54. The summed E-state index contributed by atoms with van der Waals surface area (Å²) in [7, 11) is 1.63. The number of nitrogens with one attached hydrogen (secondary N) is 1. The van der Waals surface area contributed by atoms with Crippen LogP contribution in [0.15, 0.2) is 60.2 Å². The number of methoxy groups -OCH3 is 1. The number of amides is 4. The summed E-state index contributed by atoms with van der Waals surface area (Å²) >= 11 is 0. The quantitative estimate of drug-likeness (QED) is 0.302. The molecule has 41 heavy (non-hydrogen) atoms. The van der Waals surface area contributed by atoms with Crippen molar-refractivity contribution in [3.05, 3.63) is 82.7 Å². The molecular weight excluding hydrogens is 514 g/mol. The normalized spacial score (nSPS) is 28.0. The molecule has 5 fully saturated rings. The molecule has 8 rings (SSSR count). The number of carbonyl (C=O) groups excluding carboxylic acids is 3. The molecule has 1 N–H and O–H groups in total. The number of carbonyl (C=O) groups is 3. The minimum atomic E-state index is -0.719. The zero-order valence-corrected chi connectivity index (χ0v) is 23.8. The smallest absolute Gasteiger partial charge is 0.335 e. The van der Waals surface area contributed by atoms with E-state index in [1.165, 1.54) is 44.1 Å². The number of aromatic nitrogens is 1. The van der Waals surface area contributed by atoms with Gasteiger partial charge in [-0.1, -0.05) is 12.1 Å². The molecule has 0 unspecified atom stereocenters. The summed E-state index contributed by atoms with van der Waals surface area (Å²) < 4.78 is 7.34. The number of hydrogen-bond donors (Lipinski definition) is 1. The van der Waals surface area contributed by atoms with Gasteiger partial charge >= 0.3 is 6.03 Å². The molecule has 2 aromatic carbocycles. The van der Waals surface area contributed by atoms with Crippen LogP contribution in [-0.4, -0.2) is 29.5 Å². The summed E-state index contributed by atoms with van der Waals surface area (Å²) in [6.07, 6.45) is 9.47. The second-order valence-electron chi connectivity index (χ2n) is 12.6. The van der Waals surface area contributed by atoms with Crippen LogP contribution in [0.3, 0.4) is 0 Å². The number of ether oxygens (including phenoxy) is 1. The van der Waals surface area contributed by atoms with Gasteiger partial charge in [0.1, 0.15) is 11.3 Å². The Bertz CT molecular complexity index is 1560. The topological polar surface area (TPSA) is 80.6 Å². The van der Waals surface area contributed by atoms with Crippen molar-refractivity contribution in [3.8, 4) is 11.4 Å². The molecule has 4 bridgehead atoms. The molecule has 7 nitrogen and oxygen atoms in total. The lowest BCUT2D eigenvalue weighted by Gasteiger charge is -2.57. The van der Waals surface area contributed by atoms with Gasteiger partial charge in [-0.3, -0.25) is 14.9 Å². The average Bonchev–Trinajstić information content (AvgIpc) is 3.22. The third-order valence-corrected chi connectivity index (χ3v) is 9.98. The first-order chi connectivity index (χ1) is 19.7. The van der Waals surface area contributed by atoms with E-state index in [-0.39, 0.29) is 11.0 Å². The van der Waals surface area contributed by atoms with E-state index in [2.05, 4.69) is 22.0 Å². The van der Waals surface area contributed by atoms with Crippen LogP contribution in [-0.2, 0) is 15.0 Å². The maximum absolute atomic E-state index is 13.7. The Morgan fingerprint density at radius 3 is 2.02 bits per heavy atom. The molecule has 0 radical (unpaired) electrons. The highest BCUT2D eigenvalue weighted by atomic mass is 16.5. The van der Waals surface area contributed by atoms with Gasteiger partial charge in [0.25, 0.3) is 11.8 Å². The third kappa shape index (κ3) is 4.21. The van der Waals surface area contributed by atoms with Gasteiger partial charge in [0.2, 0.25) is 0 Å². The molecule has 7 heteroatoms. The number of imide groups is 2. The zero-order chi connectivity index (χ0) is 28.5. The van der Waals surface area contributed by atoms with Crippen LogP contribution in [0.4, 0.5) is 10.5 Å². The second kappa shape index (κ2) is 9.47. The summed E-state index contributed by atoms with van der Waals surface area (Å²) in [5.74, 6) is 1.97. The largest absolute Gasteiger partial charge is 0.497 e. The van der Waals surface area contributed by atoms with Crippen molar-refractivity contribution >= 4 is 29.6 Å². The van der Waals surface area contributed by atoms with Gasteiger partial charge < -0.3 is 9.30 Å². The Balaban J connectivity index is 1.18. The highest BCUT2D eigenvalue weighted by Crippen LogP contribution is 2.60. The molecule has 5 aliphatic rings. The van der Waals surface area contributed by atoms with Crippen molar-refractivity contribution < 1.29 is 19.1 Å². The molecule has 3 aromatic rings. The van der Waals surface area contributed by atoms with Crippen molar-refractivity contribution in [2.24, 2.45) is 17.8 Å². The molecule has 4 saturated carbocycles. The van der Waals surface area contributed by atoms with Crippen molar-refractivity contribution in [1.29, 1.82) is 0 Å². The maximum atomic E-state index is 13.7. The fourth-order valence-corrected chi connectivity index (χ4v) is 8.54. The van der Waals surface area contributed by atoms with E-state index >= 15 is 0 Å². The predicted molar refractivity (Wildman–Crippen MR) is 157 cm³/mol. The van der Waals surface area contributed by atoms with Crippen LogP contribution in [0, 0.1) is 31.6 Å². The molecule has 1 saturated heterocycles. The lowest BCUT2D eigenvalue weighted by atomic mass is 9.48. The number of benzene rings is 2. The monoisotopic (exact) mass is 549 g/mol. The molecule has 0 spiro atoms. The molecular formula is C34H35N3O4. The summed E-state index contributed by atoms with van der Waals surface area (Å²) in [6, 6.07) is 16.9. The number of anilines is 1. The van der Waals surface area contributed by atoms with Crippen LogP contribution in [0.5, 0.6) is 5.75 Å². The Kier molecular flexibility index (Phi) is 5.96. The Labute approximate surface area is 240 Å². The van der Waals surface area contributed by atoms with E-state index in [9.17, 15) is 14.4 Å². The number of rotatable bonds is 5. The standard InChI is InChI=1S/C34H35N3O4/c1-20-12-25(21(2)36(20)27-8-10-29(41-3)11-9-27)16-30-31(38)35-33(40)37(32(30)39)28-6-4-26(5-7-28)34-17-22-13-23(18-34)15-24(14-22)19-34/h4-12,16,22-24H,13-15,17-19H2,1-3H3,(H,35,38,40)/b30-16+. The van der Waals surface area contributed by atoms with Gasteiger partial charge in [-0.2, -0.15) is 0 Å². The van der Waals surface area contributed by atoms with Crippen LogP contribution in [0.1, 0.15) is 61.0 Å². The highest BCUT2D eigenvalue weighted by molar-refractivity contribution is 6.39. The van der Waals surface area contributed by atoms with E-state index in [1.54, 1.807) is 13.2 Å². The second-order valence-corrected chi connectivity index (χ2v) is 12.6. The molecule has 1 aromatic heterocycles. The summed E-state index contributed by atoms with van der Waals surface area (Å²) in [4.78, 5) is 40.5. The summed E-state index contributed by atoms with van der Waals surface area (Å²) in [5, 5.41) is 2.38. The van der Waals surface area contributed by atoms with Gasteiger partial charge in [0.15, 0.2) is 0 Å². The van der Waals surface area contributed by atoms with E-state index < -0.39 is 17.8 Å². The number of barbiturate groups is 1. The molecule has 210 valence electrons. The first-order valence-electron chi connectivity index (χ1n) is 14.6. The van der Waals surface area contributed by atoms with Gasteiger partial charge in [-0.05, 0) is 135 Å². The van der Waals surface area contributed by atoms with Gasteiger partial charge in [-0.15, -0.1) is 0 Å². The van der Waals surface area contributed by atoms with E-state index in [0.29, 0.717) is 5.69 Å². The van der Waals surface area contributed by atoms with E-state index in [1.807, 2.05) is 56.3 Å². The van der Waals surface area contributed by atoms with Gasteiger partial charge in [0, 0.05) is 17.1 Å². The van der Waals surface area contributed by atoms with Crippen LogP contribution < -0.4 is 15.0 Å². The van der Waals surface area contributed by atoms with Crippen molar-refractivity contribution in [2.45, 2.75) is 57.8 Å². The Hall–Kier alpha value is -4.13. The van der Waals surface area contributed by atoms with Gasteiger partial charge in [0.05, 0.1) is 12.8 Å². The predicted octanol–water partition coefficient (Wildman–Crippen LogP) is 6.24. The summed E-state index contributed by atoms with van der Waals surface area (Å²) in [6.45, 7) is 3.92. The number of hydrogen-bond acceptors (Lipinski definition) is 4. The Morgan fingerprint density at radius 1 is 0.854 bits per heavy atom. The maximum Gasteiger partial charge on any atom is 0.335 e. The highest BCUT2D eigenvalue weighted by Gasteiger charge is 2.51. The fraction of sp³-hybridized carbons (Fsp3) is 0.382. The first-order valence-corrected chi connectivity index (χ1v) is 14.6. The van der Waals surface area contributed by atoms with Crippen molar-refractivity contribution in [3.63, 3.8) is 0 Å². The minimum absolute atomic E-state index is 0.0651. The number of nitrogens with zero attached hydrogens (tertiary/aromatic N) is 2. The molecule has 4 amide bonds. The van der Waals surface area contributed by atoms with Crippen molar-refractivity contribution in [1.82, 2.24) is 9.88 Å². The zero-order valence-electron chi connectivity index (χ0n) is 23.8.